The zero-order valence-corrected chi connectivity index (χ0v) is 11.9. The van der Waals surface area contributed by atoms with Crippen molar-refractivity contribution in [2.24, 2.45) is 0 Å². The Balaban J connectivity index is 2.24. The number of carboxylic acid groups (broad SMARTS) is 1. The van der Waals surface area contributed by atoms with Crippen molar-refractivity contribution >= 4 is 21.9 Å². The van der Waals surface area contributed by atoms with E-state index in [1.54, 1.807) is 0 Å². The maximum Gasteiger partial charge on any atom is 0.325 e. The van der Waals surface area contributed by atoms with Crippen LogP contribution in [0.4, 0.5) is 0 Å². The van der Waals surface area contributed by atoms with Gasteiger partial charge in [0.15, 0.2) is 0 Å². The number of carbonyl (C=O) groups is 1. The second-order valence-electron chi connectivity index (χ2n) is 4.60. The Bertz CT molecular complexity index is 431. The molecule has 0 bridgehead atoms. The first-order chi connectivity index (χ1) is 8.59. The van der Waals surface area contributed by atoms with Crippen LogP contribution in [-0.4, -0.2) is 54.1 Å². The number of hydrogen-bond donors (Lipinski definition) is 1. The molecule has 0 amide bonds. The molecule has 1 aliphatic rings. The van der Waals surface area contributed by atoms with Crippen LogP contribution in [0.5, 0.6) is 0 Å². The fraction of sp³-hybridized carbons (Fsp3) is 0.462. The minimum Gasteiger partial charge on any atom is -0.480 e. The van der Waals surface area contributed by atoms with Crippen molar-refractivity contribution in [2.45, 2.75) is 6.04 Å². The molecule has 1 heterocycles. The summed E-state index contributed by atoms with van der Waals surface area (Å²) in [5, 5.41) is 9.49. The smallest absolute Gasteiger partial charge is 0.325 e. The molecular weight excluding hydrogens is 296 g/mol. The summed E-state index contributed by atoms with van der Waals surface area (Å²) < 4.78 is 0.858. The third kappa shape index (κ3) is 2.91. The number of aliphatic carboxylic acids is 1. The third-order valence-corrected chi connectivity index (χ3v) is 4.06. The largest absolute Gasteiger partial charge is 0.480 e. The van der Waals surface area contributed by atoms with E-state index in [1.807, 2.05) is 29.2 Å². The Morgan fingerprint density at radius 1 is 1.28 bits per heavy atom. The summed E-state index contributed by atoms with van der Waals surface area (Å²) in [6.07, 6.45) is 0. The maximum atomic E-state index is 11.6. The van der Waals surface area contributed by atoms with Crippen molar-refractivity contribution in [3.8, 4) is 0 Å². The summed E-state index contributed by atoms with van der Waals surface area (Å²) in [6.45, 7) is 3.39. The normalized spacial score (nSPS) is 19.7. The van der Waals surface area contributed by atoms with Gasteiger partial charge in [-0.15, -0.1) is 0 Å². The summed E-state index contributed by atoms with van der Waals surface area (Å²) in [5.74, 6) is -0.786. The van der Waals surface area contributed by atoms with E-state index in [1.165, 1.54) is 0 Å². The Hall–Kier alpha value is -0.910. The number of likely N-dealkylation sites (N-methyl/N-ethyl adjacent to an activating group) is 1. The van der Waals surface area contributed by atoms with Gasteiger partial charge in [-0.1, -0.05) is 34.1 Å². The van der Waals surface area contributed by atoms with Gasteiger partial charge >= 0.3 is 5.97 Å². The van der Waals surface area contributed by atoms with Crippen molar-refractivity contribution < 1.29 is 9.90 Å². The number of hydrogen-bond acceptors (Lipinski definition) is 3. The molecule has 1 saturated heterocycles. The monoisotopic (exact) mass is 312 g/mol. The molecule has 0 radical (unpaired) electrons. The van der Waals surface area contributed by atoms with Crippen molar-refractivity contribution in [2.75, 3.05) is 33.2 Å². The van der Waals surface area contributed by atoms with E-state index in [0.29, 0.717) is 0 Å². The molecule has 1 aromatic carbocycles. The lowest BCUT2D eigenvalue weighted by atomic mass is 10.0. The quantitative estimate of drug-likeness (QED) is 0.924. The average molecular weight is 313 g/mol. The van der Waals surface area contributed by atoms with E-state index in [0.717, 1.165) is 36.2 Å². The highest BCUT2D eigenvalue weighted by atomic mass is 79.9. The van der Waals surface area contributed by atoms with E-state index in [-0.39, 0.29) is 0 Å². The highest BCUT2D eigenvalue weighted by Crippen LogP contribution is 2.28. The minimum atomic E-state index is -0.786. The maximum absolute atomic E-state index is 11.6. The van der Waals surface area contributed by atoms with Crippen LogP contribution in [0.1, 0.15) is 11.6 Å². The molecule has 1 aromatic rings. The van der Waals surface area contributed by atoms with Gasteiger partial charge < -0.3 is 10.0 Å². The van der Waals surface area contributed by atoms with Gasteiger partial charge in [-0.05, 0) is 18.7 Å². The molecule has 0 spiro atoms. The molecule has 0 aliphatic carbocycles. The number of carboxylic acids is 1. The number of piperazine rings is 1. The summed E-state index contributed by atoms with van der Waals surface area (Å²) in [4.78, 5) is 15.8. The zero-order chi connectivity index (χ0) is 13.1. The first kappa shape index (κ1) is 13.5. The SMILES string of the molecule is CN1CCN(C(C(=O)O)c2ccccc2Br)CC1. The molecule has 2 rings (SSSR count). The van der Waals surface area contributed by atoms with Crippen LogP contribution in [0.15, 0.2) is 28.7 Å². The first-order valence-corrected chi connectivity index (χ1v) is 6.78. The van der Waals surface area contributed by atoms with Crippen molar-refractivity contribution in [1.82, 2.24) is 9.80 Å². The van der Waals surface area contributed by atoms with Crippen molar-refractivity contribution in [3.63, 3.8) is 0 Å². The van der Waals surface area contributed by atoms with Crippen LogP contribution in [0, 0.1) is 0 Å². The first-order valence-electron chi connectivity index (χ1n) is 5.99. The van der Waals surface area contributed by atoms with Gasteiger partial charge in [0.05, 0.1) is 0 Å². The van der Waals surface area contributed by atoms with Crippen molar-refractivity contribution in [3.05, 3.63) is 34.3 Å². The lowest BCUT2D eigenvalue weighted by molar-refractivity contribution is -0.144. The van der Waals surface area contributed by atoms with E-state index < -0.39 is 12.0 Å². The molecule has 1 fully saturated rings. The lowest BCUT2D eigenvalue weighted by Crippen LogP contribution is -2.47. The summed E-state index contributed by atoms with van der Waals surface area (Å²) in [7, 11) is 2.06. The highest BCUT2D eigenvalue weighted by molar-refractivity contribution is 9.10. The van der Waals surface area contributed by atoms with Crippen molar-refractivity contribution in [1.29, 1.82) is 0 Å². The molecule has 0 saturated carbocycles. The fourth-order valence-corrected chi connectivity index (χ4v) is 2.76. The molecule has 1 unspecified atom stereocenters. The molecule has 0 aromatic heterocycles. The molecule has 4 nitrogen and oxygen atoms in total. The van der Waals surface area contributed by atoms with Gasteiger partial charge in [-0.3, -0.25) is 9.69 Å². The minimum absolute atomic E-state index is 0.561. The molecule has 1 N–H and O–H groups in total. The van der Waals surface area contributed by atoms with Crippen LogP contribution >= 0.6 is 15.9 Å². The lowest BCUT2D eigenvalue weighted by Gasteiger charge is -2.36. The van der Waals surface area contributed by atoms with Gasteiger partial charge in [0.2, 0.25) is 0 Å². The summed E-state index contributed by atoms with van der Waals surface area (Å²) in [5.41, 5.74) is 0.828. The second-order valence-corrected chi connectivity index (χ2v) is 5.46. The Morgan fingerprint density at radius 3 is 2.44 bits per heavy atom. The van der Waals surface area contributed by atoms with Crippen LogP contribution < -0.4 is 0 Å². The van der Waals surface area contributed by atoms with Gasteiger partial charge in [0.25, 0.3) is 0 Å². The summed E-state index contributed by atoms with van der Waals surface area (Å²) in [6, 6.07) is 6.99. The number of rotatable bonds is 3. The third-order valence-electron chi connectivity index (χ3n) is 3.34. The van der Waals surface area contributed by atoms with Gasteiger partial charge in [0.1, 0.15) is 6.04 Å². The molecule has 1 aliphatic heterocycles. The molecular formula is C13H17BrN2O2. The molecule has 1 atom stereocenters. The Labute approximate surface area is 115 Å². The van der Waals surface area contributed by atoms with Gasteiger partial charge in [0, 0.05) is 30.7 Å². The predicted molar refractivity (Wildman–Crippen MR) is 73.6 cm³/mol. The second kappa shape index (κ2) is 5.82. The fourth-order valence-electron chi connectivity index (χ4n) is 2.26. The van der Waals surface area contributed by atoms with E-state index in [4.69, 9.17) is 0 Å². The van der Waals surface area contributed by atoms with E-state index >= 15 is 0 Å². The van der Waals surface area contributed by atoms with Gasteiger partial charge in [-0.2, -0.15) is 0 Å². The standard InChI is InChI=1S/C13H17BrN2O2/c1-15-6-8-16(9-7-15)12(13(17)18)10-4-2-3-5-11(10)14/h2-5,12H,6-9H2,1H3,(H,17,18). The zero-order valence-electron chi connectivity index (χ0n) is 10.3. The van der Waals surface area contributed by atoms with Crippen LogP contribution in [0.2, 0.25) is 0 Å². The average Bonchev–Trinajstić information content (AvgIpc) is 2.34. The van der Waals surface area contributed by atoms with Crippen LogP contribution in [0.3, 0.4) is 0 Å². The molecule has 18 heavy (non-hydrogen) atoms. The number of halogens is 1. The van der Waals surface area contributed by atoms with E-state index in [9.17, 15) is 9.90 Å². The predicted octanol–water partition coefficient (Wildman–Crippen LogP) is 1.82. The molecule has 98 valence electrons. The van der Waals surface area contributed by atoms with Crippen LogP contribution in [0.25, 0.3) is 0 Å². The number of benzene rings is 1. The van der Waals surface area contributed by atoms with Crippen LogP contribution in [-0.2, 0) is 4.79 Å². The molecule has 5 heteroatoms. The van der Waals surface area contributed by atoms with Gasteiger partial charge in [-0.25, -0.2) is 0 Å². The highest BCUT2D eigenvalue weighted by Gasteiger charge is 2.30. The Kier molecular flexibility index (Phi) is 4.37. The van der Waals surface area contributed by atoms with E-state index in [2.05, 4.69) is 27.9 Å². The Morgan fingerprint density at radius 2 is 1.89 bits per heavy atom. The topological polar surface area (TPSA) is 43.8 Å². The summed E-state index contributed by atoms with van der Waals surface area (Å²) >= 11 is 3.44. The number of nitrogens with zero attached hydrogens (tertiary/aromatic N) is 2.